The molecule has 12 heteroatoms. The lowest BCUT2D eigenvalue weighted by atomic mass is 10.2. The van der Waals surface area contributed by atoms with Crippen LogP contribution in [0.1, 0.15) is 5.56 Å². The van der Waals surface area contributed by atoms with Crippen molar-refractivity contribution < 1.29 is 18.0 Å². The number of alkyl halides is 3. The maximum absolute atomic E-state index is 13.1. The van der Waals surface area contributed by atoms with Crippen LogP contribution in [0.2, 0.25) is 10.0 Å². The molecule has 0 spiro atoms. The van der Waals surface area contributed by atoms with Gasteiger partial charge in [0, 0.05) is 34.4 Å². The Balaban J connectivity index is 1.56. The standard InChI is InChI=1S/C22H14Cl2F3N5OS/c23-14-1-4-16(5-2-14)32-20(13-7-9-28-10-8-13)30-31-21(32)34-12-19(33)29-15-3-6-18(24)17(11-15)22(25,26)27/h1-11H,12H2,(H,29,33). The number of hydrogen-bond acceptors (Lipinski definition) is 5. The number of halogens is 5. The highest BCUT2D eigenvalue weighted by molar-refractivity contribution is 7.99. The molecule has 1 amide bonds. The summed E-state index contributed by atoms with van der Waals surface area (Å²) in [7, 11) is 0. The van der Waals surface area contributed by atoms with Gasteiger partial charge >= 0.3 is 6.18 Å². The molecule has 0 aliphatic heterocycles. The summed E-state index contributed by atoms with van der Waals surface area (Å²) in [4.78, 5) is 16.5. The molecule has 4 aromatic rings. The minimum absolute atomic E-state index is 0.0148. The molecule has 2 heterocycles. The number of hydrogen-bond donors (Lipinski definition) is 1. The van der Waals surface area contributed by atoms with Gasteiger partial charge in [0.2, 0.25) is 5.91 Å². The summed E-state index contributed by atoms with van der Waals surface area (Å²) in [6.45, 7) is 0. The van der Waals surface area contributed by atoms with Gasteiger partial charge in [-0.25, -0.2) is 0 Å². The van der Waals surface area contributed by atoms with Gasteiger partial charge in [-0.1, -0.05) is 35.0 Å². The van der Waals surface area contributed by atoms with Crippen molar-refractivity contribution in [1.29, 1.82) is 0 Å². The summed E-state index contributed by atoms with van der Waals surface area (Å²) in [5, 5.41) is 11.4. The summed E-state index contributed by atoms with van der Waals surface area (Å²) < 4.78 is 41.0. The molecule has 2 aromatic heterocycles. The highest BCUT2D eigenvalue weighted by Gasteiger charge is 2.33. The van der Waals surface area contributed by atoms with Crippen LogP contribution in [0.4, 0.5) is 18.9 Å². The van der Waals surface area contributed by atoms with Crippen molar-refractivity contribution in [2.24, 2.45) is 0 Å². The maximum Gasteiger partial charge on any atom is 0.417 e. The van der Waals surface area contributed by atoms with Crippen molar-refractivity contribution in [3.05, 3.63) is 82.6 Å². The van der Waals surface area contributed by atoms with E-state index in [2.05, 4.69) is 20.5 Å². The molecule has 0 unspecified atom stereocenters. The summed E-state index contributed by atoms with van der Waals surface area (Å²) >= 11 is 12.7. The first-order valence-electron chi connectivity index (χ1n) is 9.63. The van der Waals surface area contributed by atoms with Crippen LogP contribution in [-0.4, -0.2) is 31.4 Å². The second kappa shape index (κ2) is 10.0. The number of nitrogens with zero attached hydrogens (tertiary/aromatic N) is 4. The third-order valence-electron chi connectivity index (χ3n) is 4.54. The Morgan fingerprint density at radius 3 is 2.38 bits per heavy atom. The molecule has 0 saturated heterocycles. The van der Waals surface area contributed by atoms with Crippen molar-refractivity contribution in [2.45, 2.75) is 11.3 Å². The second-order valence-electron chi connectivity index (χ2n) is 6.88. The summed E-state index contributed by atoms with van der Waals surface area (Å²) in [6, 6.07) is 13.7. The molecule has 2 aromatic carbocycles. The molecule has 0 fully saturated rings. The monoisotopic (exact) mass is 523 g/mol. The molecule has 34 heavy (non-hydrogen) atoms. The molecule has 1 N–H and O–H groups in total. The van der Waals surface area contributed by atoms with Gasteiger partial charge in [-0.2, -0.15) is 13.2 Å². The highest BCUT2D eigenvalue weighted by Crippen LogP contribution is 2.36. The minimum atomic E-state index is -4.63. The van der Waals surface area contributed by atoms with Crippen LogP contribution in [0.25, 0.3) is 17.1 Å². The lowest BCUT2D eigenvalue weighted by Crippen LogP contribution is -2.15. The molecule has 4 rings (SSSR count). The van der Waals surface area contributed by atoms with Gasteiger partial charge in [0.05, 0.1) is 16.3 Å². The second-order valence-corrected chi connectivity index (χ2v) is 8.67. The number of carbonyl (C=O) groups is 1. The predicted octanol–water partition coefficient (Wildman–Crippen LogP) is 6.39. The lowest BCUT2D eigenvalue weighted by Gasteiger charge is -2.12. The van der Waals surface area contributed by atoms with E-state index < -0.39 is 22.7 Å². The van der Waals surface area contributed by atoms with Crippen LogP contribution in [0.15, 0.2) is 72.1 Å². The Labute approximate surface area is 206 Å². The number of thioether (sulfide) groups is 1. The van der Waals surface area contributed by atoms with Gasteiger partial charge < -0.3 is 5.32 Å². The summed E-state index contributed by atoms with van der Waals surface area (Å²) in [5.41, 5.74) is 0.439. The molecule has 174 valence electrons. The van der Waals surface area contributed by atoms with E-state index in [4.69, 9.17) is 23.2 Å². The number of anilines is 1. The number of amides is 1. The average molecular weight is 524 g/mol. The van der Waals surface area contributed by atoms with Crippen LogP contribution in [0.5, 0.6) is 0 Å². The fourth-order valence-electron chi connectivity index (χ4n) is 3.02. The van der Waals surface area contributed by atoms with Gasteiger partial charge in [0.25, 0.3) is 0 Å². The molecule has 0 bridgehead atoms. The van der Waals surface area contributed by atoms with E-state index in [1.807, 2.05) is 0 Å². The Bertz CT molecular complexity index is 1310. The van der Waals surface area contributed by atoms with Crippen LogP contribution >= 0.6 is 35.0 Å². The van der Waals surface area contributed by atoms with E-state index in [9.17, 15) is 18.0 Å². The van der Waals surface area contributed by atoms with E-state index in [-0.39, 0.29) is 11.4 Å². The Hall–Kier alpha value is -3.08. The van der Waals surface area contributed by atoms with Crippen molar-refractivity contribution in [3.63, 3.8) is 0 Å². The van der Waals surface area contributed by atoms with Crippen molar-refractivity contribution in [2.75, 3.05) is 11.1 Å². The van der Waals surface area contributed by atoms with Crippen molar-refractivity contribution in [3.8, 4) is 17.1 Å². The van der Waals surface area contributed by atoms with E-state index in [1.165, 1.54) is 6.07 Å². The zero-order valence-corrected chi connectivity index (χ0v) is 19.4. The number of aromatic nitrogens is 4. The number of benzene rings is 2. The van der Waals surface area contributed by atoms with E-state index >= 15 is 0 Å². The Morgan fingerprint density at radius 1 is 1.00 bits per heavy atom. The maximum atomic E-state index is 13.1. The van der Waals surface area contributed by atoms with Crippen molar-refractivity contribution in [1.82, 2.24) is 19.7 Å². The quantitative estimate of drug-likeness (QED) is 0.296. The largest absolute Gasteiger partial charge is 0.417 e. The summed E-state index contributed by atoms with van der Waals surface area (Å²) in [6.07, 6.45) is -1.39. The SMILES string of the molecule is O=C(CSc1nnc(-c2ccncc2)n1-c1ccc(Cl)cc1)Nc1ccc(Cl)c(C(F)(F)F)c1. The normalized spacial score (nSPS) is 11.4. The van der Waals surface area contributed by atoms with Gasteiger partial charge in [0.1, 0.15) is 0 Å². The first-order valence-corrected chi connectivity index (χ1v) is 11.4. The summed E-state index contributed by atoms with van der Waals surface area (Å²) in [5.74, 6) is -0.108. The minimum Gasteiger partial charge on any atom is -0.325 e. The smallest absolute Gasteiger partial charge is 0.325 e. The molecule has 0 atom stereocenters. The highest BCUT2D eigenvalue weighted by atomic mass is 35.5. The fourth-order valence-corrected chi connectivity index (χ4v) is 4.12. The third-order valence-corrected chi connectivity index (χ3v) is 6.06. The zero-order valence-electron chi connectivity index (χ0n) is 17.1. The van der Waals surface area contributed by atoms with Gasteiger partial charge in [-0.3, -0.25) is 14.3 Å². The topological polar surface area (TPSA) is 72.7 Å². The zero-order chi connectivity index (χ0) is 24.3. The molecule has 0 aliphatic rings. The van der Waals surface area contributed by atoms with E-state index in [0.717, 1.165) is 35.1 Å². The first kappa shape index (κ1) is 24.1. The molecular formula is C22H14Cl2F3N5OS. The van der Waals surface area contributed by atoms with Crippen LogP contribution in [0.3, 0.4) is 0 Å². The lowest BCUT2D eigenvalue weighted by molar-refractivity contribution is -0.137. The number of rotatable bonds is 6. The third kappa shape index (κ3) is 5.52. The van der Waals surface area contributed by atoms with Gasteiger partial charge in [-0.05, 0) is 54.6 Å². The molecule has 0 saturated carbocycles. The van der Waals surface area contributed by atoms with Crippen LogP contribution < -0.4 is 5.32 Å². The molecule has 0 radical (unpaired) electrons. The Kier molecular flexibility index (Phi) is 7.11. The molecular weight excluding hydrogens is 510 g/mol. The number of pyridine rings is 1. The molecule has 6 nitrogen and oxygen atoms in total. The molecule has 0 aliphatic carbocycles. The fraction of sp³-hybridized carbons (Fsp3) is 0.0909. The van der Waals surface area contributed by atoms with Gasteiger partial charge in [0.15, 0.2) is 11.0 Å². The predicted molar refractivity (Wildman–Crippen MR) is 125 cm³/mol. The van der Waals surface area contributed by atoms with Gasteiger partial charge in [-0.15, -0.1) is 10.2 Å². The first-order chi connectivity index (χ1) is 16.2. The Morgan fingerprint density at radius 2 is 1.71 bits per heavy atom. The number of nitrogens with one attached hydrogen (secondary N) is 1. The van der Waals surface area contributed by atoms with E-state index in [0.29, 0.717) is 16.0 Å². The number of carbonyl (C=O) groups excluding carboxylic acids is 1. The van der Waals surface area contributed by atoms with Crippen LogP contribution in [0, 0.1) is 0 Å². The average Bonchev–Trinajstić information content (AvgIpc) is 3.23. The van der Waals surface area contributed by atoms with Crippen LogP contribution in [-0.2, 0) is 11.0 Å². The van der Waals surface area contributed by atoms with Crippen molar-refractivity contribution >= 4 is 46.6 Å². The van der Waals surface area contributed by atoms with E-state index in [1.54, 1.807) is 53.4 Å².